The van der Waals surface area contributed by atoms with Crippen LogP contribution < -0.4 is 10.2 Å². The molecule has 1 aromatic rings. The van der Waals surface area contributed by atoms with E-state index in [0.717, 1.165) is 19.2 Å². The Balaban J connectivity index is 1.91. The van der Waals surface area contributed by atoms with E-state index in [2.05, 4.69) is 10.3 Å². The van der Waals surface area contributed by atoms with Gasteiger partial charge in [0.05, 0.1) is 11.8 Å². The van der Waals surface area contributed by atoms with Gasteiger partial charge in [0.25, 0.3) is 0 Å². The van der Waals surface area contributed by atoms with Crippen molar-refractivity contribution in [3.05, 3.63) is 24.1 Å². The van der Waals surface area contributed by atoms with Crippen LogP contribution >= 0.6 is 0 Å². The Hall–Kier alpha value is -1.73. The van der Waals surface area contributed by atoms with Crippen LogP contribution in [0.15, 0.2) is 18.3 Å². The zero-order valence-corrected chi connectivity index (χ0v) is 12.7. The van der Waals surface area contributed by atoms with E-state index in [1.165, 1.54) is 6.07 Å². The fourth-order valence-corrected chi connectivity index (χ4v) is 2.52. The van der Waals surface area contributed by atoms with Crippen molar-refractivity contribution in [2.45, 2.75) is 25.4 Å². The molecule has 1 aromatic heterocycles. The Morgan fingerprint density at radius 1 is 1.59 bits per heavy atom. The standard InChI is InChI=1S/C15H22FN3O3/c1-2-22-9-14(20)18-10-15(21)6-3-7-19(11-15)13-5-4-12(16)8-17-13/h4-5,8,21H,2-3,6-7,9-11H2,1H3,(H,18,20)/t15-/m1/s1. The highest BCUT2D eigenvalue weighted by atomic mass is 19.1. The number of pyridine rings is 1. The molecule has 1 saturated heterocycles. The number of anilines is 1. The molecule has 0 unspecified atom stereocenters. The van der Waals surface area contributed by atoms with Crippen LogP contribution in [-0.4, -0.2) is 54.4 Å². The summed E-state index contributed by atoms with van der Waals surface area (Å²) in [6.07, 6.45) is 2.53. The second-order valence-electron chi connectivity index (χ2n) is 5.50. The molecule has 6 nitrogen and oxygen atoms in total. The number of aromatic nitrogens is 1. The van der Waals surface area contributed by atoms with E-state index in [1.807, 2.05) is 11.8 Å². The van der Waals surface area contributed by atoms with Gasteiger partial charge in [-0.3, -0.25) is 4.79 Å². The third kappa shape index (κ3) is 4.64. The normalized spacial score (nSPS) is 21.7. The van der Waals surface area contributed by atoms with Gasteiger partial charge in [0.15, 0.2) is 0 Å². The first-order valence-corrected chi connectivity index (χ1v) is 7.46. The Morgan fingerprint density at radius 3 is 3.09 bits per heavy atom. The molecule has 0 radical (unpaired) electrons. The van der Waals surface area contributed by atoms with Crippen LogP contribution in [0, 0.1) is 5.82 Å². The predicted molar refractivity (Wildman–Crippen MR) is 80.1 cm³/mol. The molecule has 0 aromatic carbocycles. The van der Waals surface area contributed by atoms with Crippen molar-refractivity contribution >= 4 is 11.7 Å². The average molecular weight is 311 g/mol. The molecular formula is C15H22FN3O3. The smallest absolute Gasteiger partial charge is 0.246 e. The maximum atomic E-state index is 12.9. The Labute approximate surface area is 129 Å². The van der Waals surface area contributed by atoms with Crippen LogP contribution in [0.2, 0.25) is 0 Å². The highest BCUT2D eigenvalue weighted by Crippen LogP contribution is 2.24. The van der Waals surface area contributed by atoms with Gasteiger partial charge in [0, 0.05) is 26.2 Å². The Bertz CT molecular complexity index is 497. The van der Waals surface area contributed by atoms with Crippen molar-refractivity contribution in [2.75, 3.05) is 37.7 Å². The van der Waals surface area contributed by atoms with Gasteiger partial charge >= 0.3 is 0 Å². The minimum absolute atomic E-state index is 0.00415. The molecule has 0 saturated carbocycles. The van der Waals surface area contributed by atoms with Crippen LogP contribution in [0.1, 0.15) is 19.8 Å². The molecule has 2 N–H and O–H groups in total. The number of hydrogen-bond donors (Lipinski definition) is 2. The largest absolute Gasteiger partial charge is 0.386 e. The molecule has 1 aliphatic heterocycles. The Kier molecular flexibility index (Phi) is 5.68. The molecule has 1 aliphatic rings. The average Bonchev–Trinajstić information content (AvgIpc) is 2.52. The van der Waals surface area contributed by atoms with Crippen molar-refractivity contribution in [1.82, 2.24) is 10.3 Å². The van der Waals surface area contributed by atoms with Gasteiger partial charge in [-0.1, -0.05) is 0 Å². The molecule has 2 heterocycles. The van der Waals surface area contributed by atoms with E-state index in [1.54, 1.807) is 6.07 Å². The minimum atomic E-state index is -1.02. The topological polar surface area (TPSA) is 74.7 Å². The highest BCUT2D eigenvalue weighted by molar-refractivity contribution is 5.77. The molecule has 0 spiro atoms. The third-order valence-electron chi connectivity index (χ3n) is 3.64. The summed E-state index contributed by atoms with van der Waals surface area (Å²) in [4.78, 5) is 17.5. The lowest BCUT2D eigenvalue weighted by atomic mass is 9.92. The second kappa shape index (κ2) is 7.51. The summed E-state index contributed by atoms with van der Waals surface area (Å²) in [6, 6.07) is 2.94. The summed E-state index contributed by atoms with van der Waals surface area (Å²) >= 11 is 0. The van der Waals surface area contributed by atoms with E-state index < -0.39 is 5.60 Å². The lowest BCUT2D eigenvalue weighted by Crippen LogP contribution is -2.55. The molecule has 7 heteroatoms. The summed E-state index contributed by atoms with van der Waals surface area (Å²) in [6.45, 7) is 3.54. The fraction of sp³-hybridized carbons (Fsp3) is 0.600. The Morgan fingerprint density at radius 2 is 2.41 bits per heavy atom. The number of ether oxygens (including phenoxy) is 1. The number of hydrogen-bond acceptors (Lipinski definition) is 5. The molecule has 2 rings (SSSR count). The monoisotopic (exact) mass is 311 g/mol. The number of piperidine rings is 1. The third-order valence-corrected chi connectivity index (χ3v) is 3.64. The number of halogens is 1. The summed E-state index contributed by atoms with van der Waals surface area (Å²) in [5.41, 5.74) is -1.02. The van der Waals surface area contributed by atoms with Crippen molar-refractivity contribution < 1.29 is 19.0 Å². The summed E-state index contributed by atoms with van der Waals surface area (Å²) in [5, 5.41) is 13.3. The lowest BCUT2D eigenvalue weighted by molar-refractivity contribution is -0.126. The first kappa shape index (κ1) is 16.6. The van der Waals surface area contributed by atoms with E-state index in [4.69, 9.17) is 4.74 Å². The van der Waals surface area contributed by atoms with Crippen molar-refractivity contribution in [2.24, 2.45) is 0 Å². The zero-order valence-electron chi connectivity index (χ0n) is 12.7. The molecule has 0 bridgehead atoms. The van der Waals surface area contributed by atoms with Crippen LogP contribution in [0.5, 0.6) is 0 Å². The van der Waals surface area contributed by atoms with Crippen molar-refractivity contribution in [1.29, 1.82) is 0 Å². The summed E-state index contributed by atoms with van der Waals surface area (Å²) in [5.74, 6) is -0.00770. The second-order valence-corrected chi connectivity index (χ2v) is 5.50. The molecular weight excluding hydrogens is 289 g/mol. The van der Waals surface area contributed by atoms with E-state index in [0.29, 0.717) is 25.4 Å². The SMILES string of the molecule is CCOCC(=O)NC[C@]1(O)CCCN(c2ccc(F)cn2)C1. The van der Waals surface area contributed by atoms with Gasteiger partial charge in [-0.25, -0.2) is 9.37 Å². The number of β-amino-alcohol motifs (C(OH)–C–C–N with tert-alkyl or cyclic N) is 1. The van der Waals surface area contributed by atoms with Crippen molar-refractivity contribution in [3.63, 3.8) is 0 Å². The predicted octanol–water partition coefficient (Wildman–Crippen LogP) is 0.705. The maximum absolute atomic E-state index is 12.9. The first-order valence-electron chi connectivity index (χ1n) is 7.46. The molecule has 122 valence electrons. The molecule has 1 amide bonds. The molecule has 22 heavy (non-hydrogen) atoms. The zero-order chi connectivity index (χ0) is 16.0. The highest BCUT2D eigenvalue weighted by Gasteiger charge is 2.34. The lowest BCUT2D eigenvalue weighted by Gasteiger charge is -2.39. The minimum Gasteiger partial charge on any atom is -0.386 e. The number of rotatable bonds is 6. The number of amides is 1. The number of nitrogens with zero attached hydrogens (tertiary/aromatic N) is 2. The number of carbonyl (C=O) groups is 1. The summed E-state index contributed by atoms with van der Waals surface area (Å²) in [7, 11) is 0. The van der Waals surface area contributed by atoms with Crippen LogP contribution in [0.25, 0.3) is 0 Å². The van der Waals surface area contributed by atoms with Gasteiger partial charge in [-0.15, -0.1) is 0 Å². The van der Waals surface area contributed by atoms with Crippen LogP contribution in [0.3, 0.4) is 0 Å². The first-order chi connectivity index (χ1) is 10.5. The van der Waals surface area contributed by atoms with E-state index in [9.17, 15) is 14.3 Å². The number of carbonyl (C=O) groups excluding carboxylic acids is 1. The van der Waals surface area contributed by atoms with Crippen molar-refractivity contribution in [3.8, 4) is 0 Å². The van der Waals surface area contributed by atoms with Crippen LogP contribution in [-0.2, 0) is 9.53 Å². The maximum Gasteiger partial charge on any atom is 0.246 e. The molecule has 1 fully saturated rings. The quantitative estimate of drug-likeness (QED) is 0.809. The summed E-state index contributed by atoms with van der Waals surface area (Å²) < 4.78 is 17.9. The fourth-order valence-electron chi connectivity index (χ4n) is 2.52. The number of nitrogens with one attached hydrogen (secondary N) is 1. The number of aliphatic hydroxyl groups is 1. The molecule has 1 atom stereocenters. The van der Waals surface area contributed by atoms with E-state index in [-0.39, 0.29) is 24.9 Å². The van der Waals surface area contributed by atoms with Crippen LogP contribution in [0.4, 0.5) is 10.2 Å². The van der Waals surface area contributed by atoms with Gasteiger partial charge in [0.1, 0.15) is 18.2 Å². The van der Waals surface area contributed by atoms with E-state index >= 15 is 0 Å². The van der Waals surface area contributed by atoms with Gasteiger partial charge in [-0.05, 0) is 31.9 Å². The molecule has 0 aliphatic carbocycles. The van der Waals surface area contributed by atoms with Gasteiger partial charge < -0.3 is 20.1 Å². The van der Waals surface area contributed by atoms with Gasteiger partial charge in [0.2, 0.25) is 5.91 Å². The van der Waals surface area contributed by atoms with Gasteiger partial charge in [-0.2, -0.15) is 0 Å².